The summed E-state index contributed by atoms with van der Waals surface area (Å²) in [5.41, 5.74) is 5.32. The van der Waals surface area contributed by atoms with Crippen LogP contribution >= 0.6 is 0 Å². The molecule has 0 saturated carbocycles. The monoisotopic (exact) mass is 199 g/mol. The van der Waals surface area contributed by atoms with Crippen LogP contribution in [-0.4, -0.2) is 42.3 Å². The van der Waals surface area contributed by atoms with E-state index in [4.69, 9.17) is 15.2 Å². The minimum Gasteiger partial charge on any atom is -0.467 e. The molecule has 0 aromatic carbocycles. The first kappa shape index (κ1) is 10.5. The summed E-state index contributed by atoms with van der Waals surface area (Å²) in [5.74, 6) is 0.388. The third-order valence-electron chi connectivity index (χ3n) is 1.39. The summed E-state index contributed by atoms with van der Waals surface area (Å²) in [5, 5.41) is 2.90. The highest BCUT2D eigenvalue weighted by Crippen LogP contribution is 2.11. The van der Waals surface area contributed by atoms with Crippen molar-refractivity contribution in [2.24, 2.45) is 5.73 Å². The van der Waals surface area contributed by atoms with Crippen LogP contribution in [0.3, 0.4) is 0 Å². The lowest BCUT2D eigenvalue weighted by molar-refractivity contribution is 0.341. The van der Waals surface area contributed by atoms with Gasteiger partial charge in [-0.15, -0.1) is 4.98 Å². The minimum absolute atomic E-state index is 0.205. The standard InChI is InChI=1S/C7H13N5O2/c1-13-6-10-5(9-4-3-8)11-7(12-6)14-2/h3-4,8H2,1-2H3,(H,9,10,11,12). The number of aromatic nitrogens is 3. The van der Waals surface area contributed by atoms with Gasteiger partial charge in [-0.3, -0.25) is 0 Å². The van der Waals surface area contributed by atoms with Crippen LogP contribution in [0.25, 0.3) is 0 Å². The summed E-state index contributed by atoms with van der Waals surface area (Å²) < 4.78 is 9.73. The van der Waals surface area contributed by atoms with Crippen molar-refractivity contribution < 1.29 is 9.47 Å². The molecule has 14 heavy (non-hydrogen) atoms. The Balaban J connectivity index is 2.81. The van der Waals surface area contributed by atoms with Gasteiger partial charge < -0.3 is 20.5 Å². The van der Waals surface area contributed by atoms with Crippen LogP contribution in [0.5, 0.6) is 12.0 Å². The number of nitrogens with two attached hydrogens (primary N) is 1. The molecule has 3 N–H and O–H groups in total. The lowest BCUT2D eigenvalue weighted by atomic mass is 10.6. The third-order valence-corrected chi connectivity index (χ3v) is 1.39. The van der Waals surface area contributed by atoms with Crippen molar-refractivity contribution in [3.8, 4) is 12.0 Å². The summed E-state index contributed by atoms with van der Waals surface area (Å²) >= 11 is 0. The average Bonchev–Trinajstić information content (AvgIpc) is 2.25. The number of methoxy groups -OCH3 is 2. The van der Waals surface area contributed by atoms with Crippen molar-refractivity contribution in [2.75, 3.05) is 32.6 Å². The van der Waals surface area contributed by atoms with E-state index in [-0.39, 0.29) is 12.0 Å². The molecule has 0 fully saturated rings. The number of ether oxygens (including phenoxy) is 2. The Morgan fingerprint density at radius 3 is 2.14 bits per heavy atom. The molecular weight excluding hydrogens is 186 g/mol. The predicted octanol–water partition coefficient (Wildman–Crippen LogP) is -0.741. The Hall–Kier alpha value is -1.63. The lowest BCUT2D eigenvalue weighted by Crippen LogP contribution is -2.15. The predicted molar refractivity (Wildman–Crippen MR) is 50.5 cm³/mol. The highest BCUT2D eigenvalue weighted by atomic mass is 16.5. The van der Waals surface area contributed by atoms with Gasteiger partial charge in [0.2, 0.25) is 5.95 Å². The number of anilines is 1. The van der Waals surface area contributed by atoms with E-state index in [9.17, 15) is 0 Å². The van der Waals surface area contributed by atoms with Crippen LogP contribution in [0, 0.1) is 0 Å². The summed E-state index contributed by atoms with van der Waals surface area (Å²) in [7, 11) is 2.95. The van der Waals surface area contributed by atoms with Crippen LogP contribution in [0.1, 0.15) is 0 Å². The molecule has 0 radical (unpaired) electrons. The molecule has 0 unspecified atom stereocenters. The average molecular weight is 199 g/mol. The summed E-state index contributed by atoms with van der Waals surface area (Å²) in [6, 6.07) is 0.410. The summed E-state index contributed by atoms with van der Waals surface area (Å²) in [4.78, 5) is 11.7. The second-order valence-corrected chi connectivity index (χ2v) is 2.35. The summed E-state index contributed by atoms with van der Waals surface area (Å²) in [6.45, 7) is 1.08. The largest absolute Gasteiger partial charge is 0.467 e. The van der Waals surface area contributed by atoms with Crippen LogP contribution < -0.4 is 20.5 Å². The van der Waals surface area contributed by atoms with E-state index in [1.54, 1.807) is 0 Å². The van der Waals surface area contributed by atoms with Crippen LogP contribution in [0.4, 0.5) is 5.95 Å². The maximum Gasteiger partial charge on any atom is 0.324 e. The second kappa shape index (κ2) is 5.18. The van der Waals surface area contributed by atoms with E-state index >= 15 is 0 Å². The lowest BCUT2D eigenvalue weighted by Gasteiger charge is -2.05. The van der Waals surface area contributed by atoms with Gasteiger partial charge in [-0.1, -0.05) is 0 Å². The first-order valence-electron chi connectivity index (χ1n) is 4.08. The summed E-state index contributed by atoms with van der Waals surface area (Å²) in [6.07, 6.45) is 0. The Morgan fingerprint density at radius 2 is 1.71 bits per heavy atom. The molecule has 78 valence electrons. The van der Waals surface area contributed by atoms with E-state index in [0.717, 1.165) is 0 Å². The van der Waals surface area contributed by atoms with Gasteiger partial charge in [-0.05, 0) is 0 Å². The molecule has 1 heterocycles. The molecule has 1 aromatic rings. The maximum atomic E-state index is 5.32. The molecule has 1 rings (SSSR count). The Kier molecular flexibility index (Phi) is 3.86. The molecule has 0 amide bonds. The molecule has 0 aliphatic heterocycles. The number of hydrogen-bond acceptors (Lipinski definition) is 7. The first-order valence-corrected chi connectivity index (χ1v) is 4.08. The molecule has 7 nitrogen and oxygen atoms in total. The quantitative estimate of drug-likeness (QED) is 0.644. The Morgan fingerprint density at radius 1 is 1.14 bits per heavy atom. The van der Waals surface area contributed by atoms with E-state index in [1.807, 2.05) is 0 Å². The van der Waals surface area contributed by atoms with Gasteiger partial charge in [0.1, 0.15) is 0 Å². The van der Waals surface area contributed by atoms with Gasteiger partial charge in [-0.2, -0.15) is 9.97 Å². The fraction of sp³-hybridized carbons (Fsp3) is 0.571. The first-order chi connectivity index (χ1) is 6.80. The van der Waals surface area contributed by atoms with Crippen LogP contribution in [0.2, 0.25) is 0 Å². The molecular formula is C7H13N5O2. The molecule has 0 atom stereocenters. The maximum absolute atomic E-state index is 5.32. The fourth-order valence-electron chi connectivity index (χ4n) is 0.784. The highest BCUT2D eigenvalue weighted by Gasteiger charge is 2.05. The van der Waals surface area contributed by atoms with Crippen molar-refractivity contribution in [1.82, 2.24) is 15.0 Å². The second-order valence-electron chi connectivity index (χ2n) is 2.35. The van der Waals surface area contributed by atoms with Crippen molar-refractivity contribution >= 4 is 5.95 Å². The SMILES string of the molecule is COc1nc(NCCN)nc(OC)n1. The normalized spacial score (nSPS) is 9.64. The van der Waals surface area contributed by atoms with Crippen molar-refractivity contribution in [2.45, 2.75) is 0 Å². The van der Waals surface area contributed by atoms with Crippen LogP contribution in [-0.2, 0) is 0 Å². The molecule has 0 aliphatic carbocycles. The Labute approximate surface area is 81.7 Å². The molecule has 0 saturated heterocycles. The van der Waals surface area contributed by atoms with Crippen molar-refractivity contribution in [1.29, 1.82) is 0 Å². The Bertz CT molecular complexity index is 271. The number of rotatable bonds is 5. The van der Waals surface area contributed by atoms with Gasteiger partial charge in [0, 0.05) is 13.1 Å². The fourth-order valence-corrected chi connectivity index (χ4v) is 0.784. The van der Waals surface area contributed by atoms with Gasteiger partial charge in [0.05, 0.1) is 14.2 Å². The smallest absolute Gasteiger partial charge is 0.324 e. The van der Waals surface area contributed by atoms with Crippen molar-refractivity contribution in [3.63, 3.8) is 0 Å². The molecule has 0 aliphatic rings. The van der Waals surface area contributed by atoms with E-state index in [2.05, 4.69) is 20.3 Å². The van der Waals surface area contributed by atoms with Gasteiger partial charge in [0.25, 0.3) is 0 Å². The topological polar surface area (TPSA) is 95.2 Å². The highest BCUT2D eigenvalue weighted by molar-refractivity contribution is 5.27. The molecule has 7 heteroatoms. The van der Waals surface area contributed by atoms with E-state index in [1.165, 1.54) is 14.2 Å². The molecule has 0 bridgehead atoms. The zero-order chi connectivity index (χ0) is 10.4. The van der Waals surface area contributed by atoms with E-state index < -0.39 is 0 Å². The van der Waals surface area contributed by atoms with Crippen molar-refractivity contribution in [3.05, 3.63) is 0 Å². The van der Waals surface area contributed by atoms with Gasteiger partial charge in [0.15, 0.2) is 0 Å². The van der Waals surface area contributed by atoms with Gasteiger partial charge >= 0.3 is 12.0 Å². The third kappa shape index (κ3) is 2.70. The van der Waals surface area contributed by atoms with E-state index in [0.29, 0.717) is 19.0 Å². The zero-order valence-corrected chi connectivity index (χ0v) is 8.15. The number of nitrogens with one attached hydrogen (secondary N) is 1. The number of hydrogen-bond donors (Lipinski definition) is 2. The minimum atomic E-state index is 0.205. The van der Waals surface area contributed by atoms with Gasteiger partial charge in [-0.25, -0.2) is 0 Å². The molecule has 1 aromatic heterocycles. The molecule has 0 spiro atoms. The van der Waals surface area contributed by atoms with Crippen LogP contribution in [0.15, 0.2) is 0 Å². The number of nitrogens with zero attached hydrogens (tertiary/aromatic N) is 3. The zero-order valence-electron chi connectivity index (χ0n) is 8.15.